The summed E-state index contributed by atoms with van der Waals surface area (Å²) in [5.41, 5.74) is 2.26. The van der Waals surface area contributed by atoms with Crippen LogP contribution in [-0.4, -0.2) is 25.0 Å². The van der Waals surface area contributed by atoms with Crippen LogP contribution in [-0.2, 0) is 6.54 Å². The SMILES string of the molecule is Cc1csc(C(C)c2nnc(Nc3ccn(Cc4cccc(C)c4F)n3)s2)n1. The van der Waals surface area contributed by atoms with Gasteiger partial charge in [0.15, 0.2) is 5.82 Å². The van der Waals surface area contributed by atoms with E-state index >= 15 is 0 Å². The monoisotopic (exact) mass is 414 g/mol. The van der Waals surface area contributed by atoms with Crippen LogP contribution in [0.1, 0.15) is 39.7 Å². The Morgan fingerprint density at radius 1 is 1.18 bits per heavy atom. The molecule has 0 saturated heterocycles. The molecule has 144 valence electrons. The number of halogens is 1. The first-order valence-corrected chi connectivity index (χ1v) is 10.5. The van der Waals surface area contributed by atoms with Gasteiger partial charge in [-0.1, -0.05) is 29.5 Å². The maximum Gasteiger partial charge on any atom is 0.211 e. The lowest BCUT2D eigenvalue weighted by atomic mass is 10.1. The molecule has 4 rings (SSSR count). The van der Waals surface area contributed by atoms with Gasteiger partial charge in [-0.05, 0) is 26.3 Å². The maximum atomic E-state index is 14.2. The van der Waals surface area contributed by atoms with E-state index in [0.717, 1.165) is 15.7 Å². The largest absolute Gasteiger partial charge is 0.313 e. The van der Waals surface area contributed by atoms with E-state index in [-0.39, 0.29) is 11.7 Å². The zero-order valence-corrected chi connectivity index (χ0v) is 17.3. The van der Waals surface area contributed by atoms with Gasteiger partial charge in [-0.15, -0.1) is 21.5 Å². The zero-order chi connectivity index (χ0) is 19.7. The summed E-state index contributed by atoms with van der Waals surface area (Å²) in [5, 5.41) is 20.8. The highest BCUT2D eigenvalue weighted by atomic mass is 32.1. The van der Waals surface area contributed by atoms with Gasteiger partial charge in [0.1, 0.15) is 15.8 Å². The van der Waals surface area contributed by atoms with E-state index in [1.165, 1.54) is 11.3 Å². The van der Waals surface area contributed by atoms with Crippen molar-refractivity contribution in [1.29, 1.82) is 0 Å². The molecule has 0 spiro atoms. The average molecular weight is 415 g/mol. The molecule has 0 amide bonds. The van der Waals surface area contributed by atoms with Gasteiger partial charge in [0.2, 0.25) is 5.13 Å². The summed E-state index contributed by atoms with van der Waals surface area (Å²) < 4.78 is 15.9. The van der Waals surface area contributed by atoms with Crippen molar-refractivity contribution < 1.29 is 4.39 Å². The van der Waals surface area contributed by atoms with E-state index in [4.69, 9.17) is 0 Å². The van der Waals surface area contributed by atoms with E-state index in [1.807, 2.05) is 30.6 Å². The van der Waals surface area contributed by atoms with Crippen molar-refractivity contribution in [1.82, 2.24) is 25.0 Å². The van der Waals surface area contributed by atoms with Crippen LogP contribution in [0, 0.1) is 19.7 Å². The van der Waals surface area contributed by atoms with Crippen molar-refractivity contribution in [3.63, 3.8) is 0 Å². The van der Waals surface area contributed by atoms with Crippen molar-refractivity contribution in [3.05, 3.63) is 68.5 Å². The van der Waals surface area contributed by atoms with E-state index in [9.17, 15) is 4.39 Å². The van der Waals surface area contributed by atoms with Crippen LogP contribution in [0.15, 0.2) is 35.8 Å². The molecular weight excluding hydrogens is 395 g/mol. The van der Waals surface area contributed by atoms with Crippen LogP contribution in [0.5, 0.6) is 0 Å². The molecule has 1 atom stereocenters. The fourth-order valence-electron chi connectivity index (χ4n) is 2.77. The summed E-state index contributed by atoms with van der Waals surface area (Å²) in [7, 11) is 0. The van der Waals surface area contributed by atoms with Gasteiger partial charge < -0.3 is 5.32 Å². The second-order valence-electron chi connectivity index (χ2n) is 6.57. The average Bonchev–Trinajstić information content (AvgIpc) is 3.41. The molecule has 1 N–H and O–H groups in total. The minimum atomic E-state index is -0.187. The van der Waals surface area contributed by atoms with Gasteiger partial charge in [-0.25, -0.2) is 9.37 Å². The molecule has 1 unspecified atom stereocenters. The molecule has 0 fully saturated rings. The predicted octanol–water partition coefficient (Wildman–Crippen LogP) is 4.89. The summed E-state index contributed by atoms with van der Waals surface area (Å²) in [4.78, 5) is 4.53. The van der Waals surface area contributed by atoms with Crippen LogP contribution in [0.4, 0.5) is 15.3 Å². The molecule has 0 radical (unpaired) electrons. The van der Waals surface area contributed by atoms with Crippen LogP contribution in [0.25, 0.3) is 0 Å². The van der Waals surface area contributed by atoms with Crippen LogP contribution in [0.3, 0.4) is 0 Å². The molecule has 1 aromatic carbocycles. The van der Waals surface area contributed by atoms with Crippen molar-refractivity contribution >= 4 is 33.6 Å². The van der Waals surface area contributed by atoms with Gasteiger partial charge in [-0.3, -0.25) is 4.68 Å². The number of thiazole rings is 1. The third-order valence-corrected chi connectivity index (χ3v) is 6.46. The molecule has 0 aliphatic rings. The van der Waals surface area contributed by atoms with E-state index in [0.29, 0.717) is 28.6 Å². The van der Waals surface area contributed by atoms with Crippen LogP contribution >= 0.6 is 22.7 Å². The third kappa shape index (κ3) is 3.95. The molecule has 0 bridgehead atoms. The number of nitrogens with one attached hydrogen (secondary N) is 1. The van der Waals surface area contributed by atoms with Gasteiger partial charge in [0.05, 0.1) is 12.5 Å². The van der Waals surface area contributed by atoms with Gasteiger partial charge in [-0.2, -0.15) is 5.10 Å². The quantitative estimate of drug-likeness (QED) is 0.486. The van der Waals surface area contributed by atoms with Gasteiger partial charge in [0, 0.05) is 28.9 Å². The second kappa shape index (κ2) is 7.76. The normalized spacial score (nSPS) is 12.3. The number of anilines is 2. The molecule has 6 nitrogen and oxygen atoms in total. The smallest absolute Gasteiger partial charge is 0.211 e. The summed E-state index contributed by atoms with van der Waals surface area (Å²) in [6.45, 7) is 6.19. The number of benzene rings is 1. The molecule has 0 aliphatic carbocycles. The van der Waals surface area contributed by atoms with Crippen molar-refractivity contribution in [2.45, 2.75) is 33.2 Å². The fourth-order valence-corrected chi connectivity index (χ4v) is 4.50. The Kier molecular flexibility index (Phi) is 5.19. The fraction of sp³-hybridized carbons (Fsp3) is 0.263. The minimum Gasteiger partial charge on any atom is -0.313 e. The first kappa shape index (κ1) is 18.7. The second-order valence-corrected chi connectivity index (χ2v) is 8.46. The maximum absolute atomic E-state index is 14.2. The lowest BCUT2D eigenvalue weighted by molar-refractivity contribution is 0.578. The van der Waals surface area contributed by atoms with Crippen molar-refractivity contribution in [3.8, 4) is 0 Å². The number of rotatable bonds is 6. The Labute approximate surface area is 170 Å². The first-order valence-electron chi connectivity index (χ1n) is 8.79. The number of aryl methyl sites for hydroxylation is 2. The molecule has 0 saturated carbocycles. The lowest BCUT2D eigenvalue weighted by Crippen LogP contribution is -2.04. The van der Waals surface area contributed by atoms with E-state index in [1.54, 1.807) is 35.1 Å². The molecule has 0 aliphatic heterocycles. The van der Waals surface area contributed by atoms with Crippen LogP contribution < -0.4 is 5.32 Å². The Balaban J connectivity index is 1.44. The standard InChI is InChI=1S/C19H19FN6S2/c1-11-5-4-6-14(16(11)20)9-26-8-7-15(25-26)22-19-24-23-18(28-19)13(3)17-21-12(2)10-27-17/h4-8,10,13H,9H2,1-3H3,(H,22,24,25). The number of hydrogen-bond donors (Lipinski definition) is 1. The molecule has 3 aromatic heterocycles. The van der Waals surface area contributed by atoms with Gasteiger partial charge in [0.25, 0.3) is 0 Å². The number of aromatic nitrogens is 5. The lowest BCUT2D eigenvalue weighted by Gasteiger charge is -2.05. The third-order valence-electron chi connectivity index (χ3n) is 4.30. The highest BCUT2D eigenvalue weighted by molar-refractivity contribution is 7.15. The topological polar surface area (TPSA) is 68.5 Å². The molecular formula is C19H19FN6S2. The Morgan fingerprint density at radius 3 is 2.82 bits per heavy atom. The Morgan fingerprint density at radius 2 is 2.04 bits per heavy atom. The summed E-state index contributed by atoms with van der Waals surface area (Å²) in [6.07, 6.45) is 1.81. The molecule has 9 heteroatoms. The van der Waals surface area contributed by atoms with E-state index < -0.39 is 0 Å². The van der Waals surface area contributed by atoms with Gasteiger partial charge >= 0.3 is 0 Å². The summed E-state index contributed by atoms with van der Waals surface area (Å²) in [6, 6.07) is 7.22. The Hall–Kier alpha value is -2.65. The molecule has 28 heavy (non-hydrogen) atoms. The minimum absolute atomic E-state index is 0.105. The summed E-state index contributed by atoms with van der Waals surface area (Å²) >= 11 is 3.11. The highest BCUT2D eigenvalue weighted by Crippen LogP contribution is 2.31. The van der Waals surface area contributed by atoms with Crippen molar-refractivity contribution in [2.24, 2.45) is 0 Å². The number of nitrogens with zero attached hydrogens (tertiary/aromatic N) is 5. The predicted molar refractivity (Wildman–Crippen MR) is 110 cm³/mol. The van der Waals surface area contributed by atoms with Crippen LogP contribution in [0.2, 0.25) is 0 Å². The number of hydrogen-bond acceptors (Lipinski definition) is 7. The zero-order valence-electron chi connectivity index (χ0n) is 15.7. The summed E-state index contributed by atoms with van der Waals surface area (Å²) in [5.74, 6) is 0.565. The van der Waals surface area contributed by atoms with Crippen molar-refractivity contribution in [2.75, 3.05) is 5.32 Å². The first-order chi connectivity index (χ1) is 13.5. The highest BCUT2D eigenvalue weighted by Gasteiger charge is 2.17. The molecule has 3 heterocycles. The molecule has 4 aromatic rings. The Bertz CT molecular complexity index is 1100. The van der Waals surface area contributed by atoms with E-state index in [2.05, 4.69) is 32.5 Å².